The fourth-order valence-electron chi connectivity index (χ4n) is 5.09. The minimum Gasteiger partial charge on any atom is -0.478 e. The molecule has 0 saturated carbocycles. The van der Waals surface area contributed by atoms with Crippen molar-refractivity contribution in [3.8, 4) is 17.3 Å². The molecule has 0 spiro atoms. The Morgan fingerprint density at radius 1 is 0.970 bits per heavy atom. The fraction of sp³-hybridized carbons (Fsp3) is 0.448. The van der Waals surface area contributed by atoms with Crippen LogP contribution in [0.4, 0.5) is 0 Å². The van der Waals surface area contributed by atoms with E-state index in [1.807, 2.05) is 6.92 Å². The SMILES string of the molecule is CCOc1nc(-c2c(CC)cccc2CC)nc(C)c1CCN[C@H]1CCCc2ccccc21. The topological polar surface area (TPSA) is 47.0 Å². The van der Waals surface area contributed by atoms with Crippen LogP contribution in [0.5, 0.6) is 5.88 Å². The summed E-state index contributed by atoms with van der Waals surface area (Å²) in [5, 5.41) is 3.79. The second-order valence-corrected chi connectivity index (χ2v) is 8.86. The number of hydrogen-bond acceptors (Lipinski definition) is 4. The van der Waals surface area contributed by atoms with E-state index < -0.39 is 0 Å². The Kier molecular flexibility index (Phi) is 7.77. The zero-order chi connectivity index (χ0) is 23.2. The van der Waals surface area contributed by atoms with Crippen LogP contribution in [0.15, 0.2) is 42.5 Å². The highest BCUT2D eigenvalue weighted by Gasteiger charge is 2.21. The summed E-state index contributed by atoms with van der Waals surface area (Å²) < 4.78 is 6.05. The van der Waals surface area contributed by atoms with Crippen LogP contribution in [0.1, 0.15) is 73.2 Å². The maximum atomic E-state index is 6.05. The summed E-state index contributed by atoms with van der Waals surface area (Å²) in [6.45, 7) is 9.99. The van der Waals surface area contributed by atoms with E-state index in [0.29, 0.717) is 12.6 Å². The molecule has 1 atom stereocenters. The molecule has 1 aliphatic rings. The van der Waals surface area contributed by atoms with Gasteiger partial charge in [0.1, 0.15) is 0 Å². The molecule has 4 rings (SSSR count). The van der Waals surface area contributed by atoms with E-state index in [2.05, 4.69) is 68.6 Å². The lowest BCUT2D eigenvalue weighted by Crippen LogP contribution is -2.27. The normalized spacial score (nSPS) is 15.3. The Hall–Kier alpha value is -2.72. The van der Waals surface area contributed by atoms with Crippen LogP contribution in [0.2, 0.25) is 0 Å². The van der Waals surface area contributed by atoms with Crippen molar-refractivity contribution >= 4 is 0 Å². The fourth-order valence-corrected chi connectivity index (χ4v) is 5.09. The lowest BCUT2D eigenvalue weighted by Gasteiger charge is -2.26. The minimum atomic E-state index is 0.425. The highest BCUT2D eigenvalue weighted by atomic mass is 16.5. The van der Waals surface area contributed by atoms with Gasteiger partial charge in [-0.25, -0.2) is 4.98 Å². The second-order valence-electron chi connectivity index (χ2n) is 8.86. The molecule has 1 N–H and O–H groups in total. The van der Waals surface area contributed by atoms with Gasteiger partial charge in [0.15, 0.2) is 5.82 Å². The molecule has 0 radical (unpaired) electrons. The monoisotopic (exact) mass is 443 g/mol. The number of benzene rings is 2. The van der Waals surface area contributed by atoms with Gasteiger partial charge in [-0.15, -0.1) is 0 Å². The lowest BCUT2D eigenvalue weighted by molar-refractivity contribution is 0.321. The molecule has 0 amide bonds. The predicted octanol–water partition coefficient (Wildman–Crippen LogP) is 6.19. The van der Waals surface area contributed by atoms with Crippen molar-refractivity contribution in [1.82, 2.24) is 15.3 Å². The minimum absolute atomic E-state index is 0.425. The standard InChI is InChI=1S/C29H37N3O/c1-5-21-13-10-14-22(6-2)27(21)28-31-20(4)24(29(32-28)33-7-3)18-19-30-26-17-11-15-23-12-8-9-16-25(23)26/h8-10,12-14,16,26,30H,5-7,11,15,17-19H2,1-4H3/t26-/m0/s1. The van der Waals surface area contributed by atoms with Crippen LogP contribution in [0.25, 0.3) is 11.4 Å². The highest BCUT2D eigenvalue weighted by Crippen LogP contribution is 2.31. The van der Waals surface area contributed by atoms with Crippen LogP contribution in [0.3, 0.4) is 0 Å². The number of ether oxygens (including phenoxy) is 1. The summed E-state index contributed by atoms with van der Waals surface area (Å²) in [6.07, 6.45) is 6.41. The number of hydrogen-bond donors (Lipinski definition) is 1. The van der Waals surface area contributed by atoms with Gasteiger partial charge in [-0.3, -0.25) is 0 Å². The first-order chi connectivity index (χ1) is 16.2. The number of rotatable bonds is 9. The molecule has 1 heterocycles. The molecule has 2 aromatic carbocycles. The third kappa shape index (κ3) is 5.11. The van der Waals surface area contributed by atoms with E-state index >= 15 is 0 Å². The first-order valence-corrected chi connectivity index (χ1v) is 12.6. The molecular formula is C29H37N3O. The molecule has 0 bridgehead atoms. The number of nitrogens with one attached hydrogen (secondary N) is 1. The van der Waals surface area contributed by atoms with Gasteiger partial charge in [0, 0.05) is 29.4 Å². The Bertz CT molecular complexity index is 1070. The summed E-state index contributed by atoms with van der Waals surface area (Å²) in [6, 6.07) is 15.8. The molecule has 3 aromatic rings. The van der Waals surface area contributed by atoms with Crippen LogP contribution < -0.4 is 10.1 Å². The maximum Gasteiger partial charge on any atom is 0.220 e. The van der Waals surface area contributed by atoms with Crippen molar-refractivity contribution in [2.24, 2.45) is 0 Å². The van der Waals surface area contributed by atoms with Crippen LogP contribution in [-0.4, -0.2) is 23.1 Å². The average Bonchev–Trinajstić information content (AvgIpc) is 2.85. The van der Waals surface area contributed by atoms with E-state index in [1.54, 1.807) is 0 Å². The first kappa shape index (κ1) is 23.4. The van der Waals surface area contributed by atoms with Gasteiger partial charge in [-0.05, 0) is 74.6 Å². The van der Waals surface area contributed by atoms with Crippen molar-refractivity contribution < 1.29 is 4.74 Å². The average molecular weight is 444 g/mol. The van der Waals surface area contributed by atoms with Crippen molar-refractivity contribution in [3.63, 3.8) is 0 Å². The predicted molar refractivity (Wildman–Crippen MR) is 136 cm³/mol. The number of nitrogens with zero attached hydrogens (tertiary/aromatic N) is 2. The summed E-state index contributed by atoms with van der Waals surface area (Å²) in [5.74, 6) is 1.53. The number of fused-ring (bicyclic) bond motifs is 1. The third-order valence-electron chi connectivity index (χ3n) is 6.81. The first-order valence-electron chi connectivity index (χ1n) is 12.6. The summed E-state index contributed by atoms with van der Waals surface area (Å²) in [5.41, 5.74) is 8.84. The third-order valence-corrected chi connectivity index (χ3v) is 6.81. The summed E-state index contributed by atoms with van der Waals surface area (Å²) in [7, 11) is 0. The Balaban J connectivity index is 1.58. The van der Waals surface area contributed by atoms with Crippen LogP contribution in [0, 0.1) is 6.92 Å². The zero-order valence-corrected chi connectivity index (χ0v) is 20.6. The van der Waals surface area contributed by atoms with Gasteiger partial charge >= 0.3 is 0 Å². The Morgan fingerprint density at radius 3 is 2.45 bits per heavy atom. The van der Waals surface area contributed by atoms with Gasteiger partial charge in [0.2, 0.25) is 5.88 Å². The van der Waals surface area contributed by atoms with Gasteiger partial charge in [0.05, 0.1) is 6.61 Å². The van der Waals surface area contributed by atoms with Gasteiger partial charge in [-0.2, -0.15) is 4.98 Å². The lowest BCUT2D eigenvalue weighted by atomic mass is 9.87. The van der Waals surface area contributed by atoms with Crippen molar-refractivity contribution in [2.75, 3.05) is 13.2 Å². The molecular weight excluding hydrogens is 406 g/mol. The molecule has 0 fully saturated rings. The van der Waals surface area contributed by atoms with E-state index in [4.69, 9.17) is 14.7 Å². The molecule has 0 aliphatic heterocycles. The van der Waals surface area contributed by atoms with E-state index in [0.717, 1.165) is 48.8 Å². The number of aromatic nitrogens is 2. The van der Waals surface area contributed by atoms with Crippen molar-refractivity contribution in [2.45, 2.75) is 72.3 Å². The van der Waals surface area contributed by atoms with Crippen molar-refractivity contribution in [3.05, 3.63) is 76.0 Å². The molecule has 33 heavy (non-hydrogen) atoms. The van der Waals surface area contributed by atoms with Gasteiger partial charge < -0.3 is 10.1 Å². The molecule has 0 saturated heterocycles. The number of aryl methyl sites for hydroxylation is 4. The quantitative estimate of drug-likeness (QED) is 0.429. The molecule has 174 valence electrons. The molecule has 0 unspecified atom stereocenters. The molecule has 1 aromatic heterocycles. The van der Waals surface area contributed by atoms with Crippen LogP contribution in [-0.2, 0) is 25.7 Å². The van der Waals surface area contributed by atoms with E-state index in [9.17, 15) is 0 Å². The smallest absolute Gasteiger partial charge is 0.220 e. The van der Waals surface area contributed by atoms with Crippen molar-refractivity contribution in [1.29, 1.82) is 0 Å². The van der Waals surface area contributed by atoms with Crippen LogP contribution >= 0.6 is 0 Å². The van der Waals surface area contributed by atoms with E-state index in [1.165, 1.54) is 47.1 Å². The Morgan fingerprint density at radius 2 is 1.73 bits per heavy atom. The van der Waals surface area contributed by atoms with Gasteiger partial charge in [-0.1, -0.05) is 56.3 Å². The van der Waals surface area contributed by atoms with E-state index in [-0.39, 0.29) is 0 Å². The summed E-state index contributed by atoms with van der Waals surface area (Å²) in [4.78, 5) is 9.94. The molecule has 4 heteroatoms. The molecule has 4 nitrogen and oxygen atoms in total. The maximum absolute atomic E-state index is 6.05. The largest absolute Gasteiger partial charge is 0.478 e. The highest BCUT2D eigenvalue weighted by molar-refractivity contribution is 5.66. The summed E-state index contributed by atoms with van der Waals surface area (Å²) >= 11 is 0. The molecule has 1 aliphatic carbocycles. The second kappa shape index (κ2) is 10.9. The van der Waals surface area contributed by atoms with Gasteiger partial charge in [0.25, 0.3) is 0 Å². The Labute approximate surface area is 198 Å². The zero-order valence-electron chi connectivity index (χ0n) is 20.6.